The predicted molar refractivity (Wildman–Crippen MR) is 46.7 cm³/mol. The minimum atomic E-state index is 0. The van der Waals surface area contributed by atoms with Gasteiger partial charge in [-0.05, 0) is 0 Å². The van der Waals surface area contributed by atoms with Crippen molar-refractivity contribution < 1.29 is 33.0 Å². The molecular formula is C4H14ClN2O3Ru. The first-order chi connectivity index (χ1) is 5.00. The zero-order chi connectivity index (χ0) is 10.0. The molecule has 0 aliphatic rings. The van der Waals surface area contributed by atoms with Crippen LogP contribution in [0, 0.1) is 0 Å². The van der Waals surface area contributed by atoms with E-state index in [2.05, 4.69) is 23.1 Å². The molecule has 0 aliphatic heterocycles. The first-order valence-corrected chi connectivity index (χ1v) is 3.90. The Kier molecular flexibility index (Phi) is 187000. The van der Waals surface area contributed by atoms with Gasteiger partial charge in [0.2, 0.25) is 0 Å². The zero-order valence-corrected chi connectivity index (χ0v) is 8.93. The molecule has 0 spiro atoms. The van der Waals surface area contributed by atoms with Crippen LogP contribution in [-0.2, 0) is 17.3 Å². The number of hydrogen-bond acceptors (Lipinski definition) is 2. The van der Waals surface area contributed by atoms with E-state index in [1.165, 1.54) is 0 Å². The molecule has 0 unspecified atom stereocenters. The van der Waals surface area contributed by atoms with E-state index < -0.39 is 0 Å². The van der Waals surface area contributed by atoms with E-state index in [0.717, 1.165) is 14.2 Å². The van der Waals surface area contributed by atoms with E-state index in [4.69, 9.17) is 21.0 Å². The van der Waals surface area contributed by atoms with Crippen molar-refractivity contribution in [1.82, 2.24) is 0 Å². The fourth-order valence-corrected chi connectivity index (χ4v) is 0. The van der Waals surface area contributed by atoms with Crippen LogP contribution >= 0.6 is 9.69 Å². The first kappa shape index (κ1) is 43.4. The van der Waals surface area contributed by atoms with Crippen molar-refractivity contribution in [1.29, 1.82) is 0 Å². The van der Waals surface area contributed by atoms with Crippen molar-refractivity contribution in [2.24, 2.45) is 0 Å². The van der Waals surface area contributed by atoms with Crippen LogP contribution in [0.5, 0.6) is 0 Å². The van der Waals surface area contributed by atoms with Gasteiger partial charge in [0, 0.05) is 14.2 Å². The van der Waals surface area contributed by atoms with E-state index in [0.29, 0.717) is 0 Å². The van der Waals surface area contributed by atoms with Crippen molar-refractivity contribution in [3.8, 4) is 0 Å². The number of aliphatic hydroxyl groups is 2. The fraction of sp³-hybridized carbons (Fsp3) is 0.500. The number of hydrogen-bond donors (Lipinski definition) is 2. The molecular weight excluding hydrogens is 261 g/mol. The van der Waals surface area contributed by atoms with Crippen molar-refractivity contribution in [3.05, 3.63) is 10.8 Å². The Labute approximate surface area is 81.4 Å². The van der Waals surface area contributed by atoms with Gasteiger partial charge in [-0.3, -0.25) is 0 Å². The van der Waals surface area contributed by atoms with Crippen molar-refractivity contribution >= 4 is 23.1 Å². The second-order valence-electron chi connectivity index (χ2n) is 0. The van der Waals surface area contributed by atoms with Gasteiger partial charge in [0.05, 0.1) is 0 Å². The van der Waals surface area contributed by atoms with Crippen LogP contribution in [0.2, 0.25) is 0 Å². The van der Waals surface area contributed by atoms with Crippen molar-refractivity contribution in [2.45, 2.75) is 0 Å². The normalized spacial score (nSPS) is 2.27. The summed E-state index contributed by atoms with van der Waals surface area (Å²) in [7, 11) is 6.57. The standard InChI is InChI=1S/2CH2N.2CH4O.ClH.H2O.Ru/c4*1-2;;;/h2*1H2;2*2H,1H3;1H;1H2;/q2*-1;;;;;+3/p-1. The van der Waals surface area contributed by atoms with E-state index in [1.54, 1.807) is 0 Å². The number of aliphatic hydroxyl groups excluding tert-OH is 2. The number of nitrogens with zero attached hydrogens (tertiary/aromatic N) is 2. The van der Waals surface area contributed by atoms with Gasteiger partial charge in [0.15, 0.2) is 0 Å². The molecule has 0 aromatic carbocycles. The molecule has 7 heteroatoms. The molecule has 0 fully saturated rings. The monoisotopic (exact) mass is 275 g/mol. The van der Waals surface area contributed by atoms with Gasteiger partial charge in [-0.1, -0.05) is 0 Å². The van der Waals surface area contributed by atoms with Crippen LogP contribution in [0.25, 0.3) is 10.8 Å². The van der Waals surface area contributed by atoms with Gasteiger partial charge >= 0.3 is 27.0 Å². The Hall–Kier alpha value is 0.133. The summed E-state index contributed by atoms with van der Waals surface area (Å²) >= 11 is 1.82. The van der Waals surface area contributed by atoms with E-state index in [9.17, 15) is 0 Å². The molecule has 0 aromatic heterocycles. The summed E-state index contributed by atoms with van der Waals surface area (Å²) in [5, 5.41) is 27.5. The molecule has 0 saturated carbocycles. The van der Waals surface area contributed by atoms with Gasteiger partial charge in [0.1, 0.15) is 0 Å². The summed E-state index contributed by atoms with van der Waals surface area (Å²) in [6, 6.07) is 0. The maximum atomic E-state index is 7.00. The Balaban J connectivity index is -0.00000000694. The quantitative estimate of drug-likeness (QED) is 0.462. The molecule has 0 atom stereocenters. The van der Waals surface area contributed by atoms with Gasteiger partial charge in [-0.25, -0.2) is 13.4 Å². The van der Waals surface area contributed by atoms with Crippen molar-refractivity contribution in [3.63, 3.8) is 0 Å². The fourth-order valence-electron chi connectivity index (χ4n) is 0. The molecule has 0 bridgehead atoms. The topological polar surface area (TPSA) is 117 Å². The summed E-state index contributed by atoms with van der Waals surface area (Å²) in [5.41, 5.74) is 0. The molecule has 0 heterocycles. The van der Waals surface area contributed by atoms with Crippen LogP contribution in [0.4, 0.5) is 0 Å². The van der Waals surface area contributed by atoms with E-state index >= 15 is 0 Å². The SMILES string of the molecule is C=[N-].C=[N-].CO.CO.O.[Cl][Ru+2]. The van der Waals surface area contributed by atoms with Crippen LogP contribution in [0.3, 0.4) is 0 Å². The Morgan fingerprint density at radius 2 is 0.909 bits per heavy atom. The Morgan fingerprint density at radius 1 is 0.909 bits per heavy atom. The summed E-state index contributed by atoms with van der Waals surface area (Å²) in [4.78, 5) is 0. The average Bonchev–Trinajstić information content (AvgIpc) is 2.20. The molecule has 0 saturated heterocycles. The molecule has 0 radical (unpaired) electrons. The second-order valence-corrected chi connectivity index (χ2v) is 0. The summed E-state index contributed by atoms with van der Waals surface area (Å²) < 4.78 is 0. The molecule has 0 aromatic rings. The summed E-state index contributed by atoms with van der Waals surface area (Å²) in [6.07, 6.45) is 0. The van der Waals surface area contributed by atoms with Crippen LogP contribution < -0.4 is 0 Å². The van der Waals surface area contributed by atoms with E-state index in [-0.39, 0.29) is 5.48 Å². The molecule has 0 amide bonds. The van der Waals surface area contributed by atoms with E-state index in [1.807, 2.05) is 17.3 Å². The third-order valence-electron chi connectivity index (χ3n) is 0. The van der Waals surface area contributed by atoms with Crippen LogP contribution in [0.15, 0.2) is 0 Å². The van der Waals surface area contributed by atoms with Gasteiger partial charge in [-0.15, -0.1) is 0 Å². The number of halogens is 1. The third-order valence-corrected chi connectivity index (χ3v) is 0. The zero-order valence-electron chi connectivity index (χ0n) is 6.43. The molecule has 4 N–H and O–H groups in total. The average molecular weight is 275 g/mol. The minimum absolute atomic E-state index is 0. The van der Waals surface area contributed by atoms with Gasteiger partial charge in [0.25, 0.3) is 0 Å². The molecule has 0 aliphatic carbocycles. The van der Waals surface area contributed by atoms with Crippen LogP contribution in [-0.4, -0.2) is 43.3 Å². The molecule has 0 rings (SSSR count). The predicted octanol–water partition coefficient (Wildman–Crippen LogP) is -0.408. The van der Waals surface area contributed by atoms with Gasteiger partial charge in [-0.2, -0.15) is 0 Å². The van der Waals surface area contributed by atoms with Gasteiger partial charge < -0.3 is 26.5 Å². The van der Waals surface area contributed by atoms with Crippen molar-refractivity contribution in [2.75, 3.05) is 14.2 Å². The number of rotatable bonds is 0. The Morgan fingerprint density at radius 3 is 0.909 bits per heavy atom. The summed E-state index contributed by atoms with van der Waals surface area (Å²) in [6.45, 7) is 4.50. The first-order valence-electron chi connectivity index (χ1n) is 1.66. The molecule has 73 valence electrons. The summed E-state index contributed by atoms with van der Waals surface area (Å²) in [5.74, 6) is 0. The van der Waals surface area contributed by atoms with Crippen LogP contribution in [0.1, 0.15) is 0 Å². The maximum absolute atomic E-state index is 7.00. The molecule has 11 heavy (non-hydrogen) atoms. The Bertz CT molecular complexity index is 25.3. The third kappa shape index (κ3) is 37700. The second kappa shape index (κ2) is 47500. The molecule has 5 nitrogen and oxygen atoms in total.